The van der Waals surface area contributed by atoms with Gasteiger partial charge in [-0.1, -0.05) is 0 Å². The van der Waals surface area contributed by atoms with Crippen molar-refractivity contribution in [1.29, 1.82) is 0 Å². The third-order valence-corrected chi connectivity index (χ3v) is 2.85. The second-order valence-corrected chi connectivity index (χ2v) is 4.00. The summed E-state index contributed by atoms with van der Waals surface area (Å²) in [6.07, 6.45) is 5.06. The monoisotopic (exact) mass is 224 g/mol. The van der Waals surface area contributed by atoms with Gasteiger partial charge < -0.3 is 19.5 Å². The maximum Gasteiger partial charge on any atom is 0.205 e. The van der Waals surface area contributed by atoms with Crippen molar-refractivity contribution >= 4 is 5.95 Å². The number of anilines is 1. The van der Waals surface area contributed by atoms with Crippen molar-refractivity contribution in [2.75, 3.05) is 44.8 Å². The van der Waals surface area contributed by atoms with Gasteiger partial charge in [0.15, 0.2) is 0 Å². The van der Waals surface area contributed by atoms with E-state index in [-0.39, 0.29) is 0 Å². The lowest BCUT2D eigenvalue weighted by Crippen LogP contribution is -2.30. The van der Waals surface area contributed by atoms with Gasteiger partial charge in [-0.2, -0.15) is 0 Å². The van der Waals surface area contributed by atoms with E-state index in [9.17, 15) is 0 Å². The summed E-state index contributed by atoms with van der Waals surface area (Å²) < 4.78 is 7.26. The molecule has 0 unspecified atom stereocenters. The average molecular weight is 224 g/mol. The van der Waals surface area contributed by atoms with E-state index in [1.165, 1.54) is 6.42 Å². The number of methoxy groups -OCH3 is 1. The molecule has 0 aliphatic carbocycles. The Morgan fingerprint density at radius 3 is 3.25 bits per heavy atom. The van der Waals surface area contributed by atoms with Crippen LogP contribution in [0.25, 0.3) is 0 Å². The average Bonchev–Trinajstić information content (AvgIpc) is 2.60. The van der Waals surface area contributed by atoms with Crippen LogP contribution in [-0.4, -0.2) is 49.4 Å². The van der Waals surface area contributed by atoms with Gasteiger partial charge in [0.1, 0.15) is 0 Å². The van der Waals surface area contributed by atoms with Crippen LogP contribution in [0.1, 0.15) is 6.42 Å². The molecule has 16 heavy (non-hydrogen) atoms. The summed E-state index contributed by atoms with van der Waals surface area (Å²) in [7, 11) is 1.73. The van der Waals surface area contributed by atoms with E-state index >= 15 is 0 Å². The topological polar surface area (TPSA) is 42.3 Å². The molecule has 2 rings (SSSR count). The molecule has 1 aliphatic heterocycles. The van der Waals surface area contributed by atoms with Crippen LogP contribution in [0, 0.1) is 0 Å². The quantitative estimate of drug-likeness (QED) is 0.800. The highest BCUT2D eigenvalue weighted by molar-refractivity contribution is 5.31. The highest BCUT2D eigenvalue weighted by Crippen LogP contribution is 2.12. The maximum absolute atomic E-state index is 5.10. The van der Waals surface area contributed by atoms with Crippen LogP contribution in [-0.2, 0) is 11.3 Å². The molecule has 0 spiro atoms. The molecule has 1 aromatic heterocycles. The molecule has 0 bridgehead atoms. The number of nitrogens with zero attached hydrogens (tertiary/aromatic N) is 3. The second-order valence-electron chi connectivity index (χ2n) is 4.00. The number of ether oxygens (including phenoxy) is 1. The van der Waals surface area contributed by atoms with Gasteiger partial charge in [0.25, 0.3) is 0 Å². The van der Waals surface area contributed by atoms with E-state index < -0.39 is 0 Å². The van der Waals surface area contributed by atoms with Gasteiger partial charge in [-0.3, -0.25) is 0 Å². The second kappa shape index (κ2) is 5.86. The predicted molar refractivity (Wildman–Crippen MR) is 63.8 cm³/mol. The molecule has 1 saturated heterocycles. The molecule has 0 radical (unpaired) electrons. The number of aromatic nitrogens is 2. The summed E-state index contributed by atoms with van der Waals surface area (Å²) in [6.45, 7) is 5.86. The summed E-state index contributed by atoms with van der Waals surface area (Å²) in [5.41, 5.74) is 0. The minimum atomic E-state index is 0.732. The summed E-state index contributed by atoms with van der Waals surface area (Å²) in [4.78, 5) is 6.78. The van der Waals surface area contributed by atoms with Gasteiger partial charge in [-0.05, 0) is 13.0 Å². The van der Waals surface area contributed by atoms with Gasteiger partial charge in [0, 0.05) is 45.7 Å². The minimum absolute atomic E-state index is 0.732. The van der Waals surface area contributed by atoms with Gasteiger partial charge in [-0.15, -0.1) is 0 Å². The summed E-state index contributed by atoms with van der Waals surface area (Å²) in [5.74, 6) is 1.07. The molecule has 90 valence electrons. The number of hydrogen-bond donors (Lipinski definition) is 1. The molecule has 2 heterocycles. The smallest absolute Gasteiger partial charge is 0.205 e. The fraction of sp³-hybridized carbons (Fsp3) is 0.727. The number of hydrogen-bond acceptors (Lipinski definition) is 4. The number of imidazole rings is 1. The molecule has 0 saturated carbocycles. The Balaban J connectivity index is 2.03. The normalized spacial score (nSPS) is 17.4. The van der Waals surface area contributed by atoms with E-state index in [4.69, 9.17) is 4.74 Å². The molecule has 1 aromatic rings. The molecule has 1 N–H and O–H groups in total. The van der Waals surface area contributed by atoms with Crippen LogP contribution < -0.4 is 10.2 Å². The Morgan fingerprint density at radius 2 is 2.38 bits per heavy atom. The van der Waals surface area contributed by atoms with E-state index in [1.807, 2.05) is 12.4 Å². The molecular formula is C11H20N4O. The van der Waals surface area contributed by atoms with E-state index in [1.54, 1.807) is 7.11 Å². The summed E-state index contributed by atoms with van der Waals surface area (Å²) >= 11 is 0. The largest absolute Gasteiger partial charge is 0.383 e. The van der Waals surface area contributed by atoms with Crippen molar-refractivity contribution in [3.63, 3.8) is 0 Å². The lowest BCUT2D eigenvalue weighted by molar-refractivity contribution is 0.187. The summed E-state index contributed by atoms with van der Waals surface area (Å²) in [5, 5.41) is 3.40. The Labute approximate surface area is 96.4 Å². The first-order valence-electron chi connectivity index (χ1n) is 5.87. The fourth-order valence-electron chi connectivity index (χ4n) is 1.99. The van der Waals surface area contributed by atoms with Crippen LogP contribution >= 0.6 is 0 Å². The van der Waals surface area contributed by atoms with Crippen molar-refractivity contribution < 1.29 is 4.74 Å². The molecular weight excluding hydrogens is 204 g/mol. The van der Waals surface area contributed by atoms with Gasteiger partial charge >= 0.3 is 0 Å². The zero-order valence-electron chi connectivity index (χ0n) is 9.85. The van der Waals surface area contributed by atoms with Crippen LogP contribution in [0.4, 0.5) is 5.95 Å². The number of nitrogens with one attached hydrogen (secondary N) is 1. The minimum Gasteiger partial charge on any atom is -0.383 e. The Morgan fingerprint density at radius 1 is 1.44 bits per heavy atom. The van der Waals surface area contributed by atoms with Crippen molar-refractivity contribution in [3.05, 3.63) is 12.4 Å². The third-order valence-electron chi connectivity index (χ3n) is 2.85. The predicted octanol–water partition coefficient (Wildman–Crippen LogP) is 0.329. The molecule has 0 aromatic carbocycles. The highest BCUT2D eigenvalue weighted by atomic mass is 16.5. The molecule has 0 amide bonds. The SMILES string of the molecule is COCCn1ccnc1N1CCCNCC1. The Hall–Kier alpha value is -1.07. The molecule has 0 atom stereocenters. The van der Waals surface area contributed by atoms with Crippen molar-refractivity contribution in [3.8, 4) is 0 Å². The van der Waals surface area contributed by atoms with Crippen LogP contribution in [0.15, 0.2) is 12.4 Å². The summed E-state index contributed by atoms with van der Waals surface area (Å²) in [6, 6.07) is 0. The molecule has 1 aliphatic rings. The van der Waals surface area contributed by atoms with Crippen molar-refractivity contribution in [1.82, 2.24) is 14.9 Å². The third kappa shape index (κ3) is 2.74. The first kappa shape index (κ1) is 11.4. The van der Waals surface area contributed by atoms with E-state index in [2.05, 4.69) is 19.8 Å². The van der Waals surface area contributed by atoms with Crippen LogP contribution in [0.2, 0.25) is 0 Å². The lowest BCUT2D eigenvalue weighted by atomic mass is 10.4. The van der Waals surface area contributed by atoms with Gasteiger partial charge in [0.05, 0.1) is 6.61 Å². The highest BCUT2D eigenvalue weighted by Gasteiger charge is 2.13. The van der Waals surface area contributed by atoms with Crippen molar-refractivity contribution in [2.45, 2.75) is 13.0 Å². The molecule has 5 nitrogen and oxygen atoms in total. The standard InChI is InChI=1S/C11H20N4O/c1-16-10-9-15-8-5-13-11(15)14-6-2-3-12-4-7-14/h5,8,12H,2-4,6-7,9-10H2,1H3. The zero-order valence-corrected chi connectivity index (χ0v) is 9.85. The Kier molecular flexibility index (Phi) is 4.18. The lowest BCUT2D eigenvalue weighted by Gasteiger charge is -2.22. The first-order chi connectivity index (χ1) is 7.92. The number of rotatable bonds is 4. The first-order valence-corrected chi connectivity index (χ1v) is 5.87. The zero-order chi connectivity index (χ0) is 11.2. The van der Waals surface area contributed by atoms with Crippen LogP contribution in [0.5, 0.6) is 0 Å². The van der Waals surface area contributed by atoms with Gasteiger partial charge in [0.2, 0.25) is 5.95 Å². The van der Waals surface area contributed by atoms with Crippen LogP contribution in [0.3, 0.4) is 0 Å². The van der Waals surface area contributed by atoms with E-state index in [0.717, 1.165) is 45.3 Å². The molecule has 1 fully saturated rings. The fourth-order valence-corrected chi connectivity index (χ4v) is 1.99. The van der Waals surface area contributed by atoms with E-state index in [0.29, 0.717) is 0 Å². The Bertz CT molecular complexity index is 305. The maximum atomic E-state index is 5.10. The molecule has 5 heteroatoms. The van der Waals surface area contributed by atoms with Crippen molar-refractivity contribution in [2.24, 2.45) is 0 Å². The van der Waals surface area contributed by atoms with Gasteiger partial charge in [-0.25, -0.2) is 4.98 Å².